The van der Waals surface area contributed by atoms with E-state index < -0.39 is 29.5 Å². The number of fused-ring (bicyclic) bond motifs is 1. The number of H-pyrrole nitrogens is 1. The lowest BCUT2D eigenvalue weighted by molar-refractivity contribution is -0.138. The van der Waals surface area contributed by atoms with Gasteiger partial charge in [0, 0.05) is 54.9 Å². The van der Waals surface area contributed by atoms with E-state index in [4.69, 9.17) is 5.11 Å². The Morgan fingerprint density at radius 2 is 1.67 bits per heavy atom. The Morgan fingerprint density at radius 1 is 0.953 bits per heavy atom. The first kappa shape index (κ1) is 29.7. The van der Waals surface area contributed by atoms with Crippen LogP contribution in [-0.2, 0) is 12.7 Å². The Morgan fingerprint density at radius 3 is 2.37 bits per heavy atom. The summed E-state index contributed by atoms with van der Waals surface area (Å²) in [4.78, 5) is 48.2. The van der Waals surface area contributed by atoms with Crippen LogP contribution in [0.4, 0.5) is 24.5 Å². The first-order valence-corrected chi connectivity index (χ1v) is 13.4. The van der Waals surface area contributed by atoms with Crippen molar-refractivity contribution in [3.8, 4) is 0 Å². The number of aromatic carboxylic acids is 1. The number of nitrogens with one attached hydrogen (secondary N) is 3. The van der Waals surface area contributed by atoms with Crippen molar-refractivity contribution in [3.63, 3.8) is 0 Å². The number of anilines is 2. The van der Waals surface area contributed by atoms with Gasteiger partial charge in [-0.05, 0) is 61.5 Å². The number of rotatable bonds is 7. The minimum absolute atomic E-state index is 0.0442. The fraction of sp³-hybridized carbons (Fsp3) is 0.267. The maximum Gasteiger partial charge on any atom is 0.416 e. The van der Waals surface area contributed by atoms with Crippen LogP contribution in [0.5, 0.6) is 0 Å². The van der Waals surface area contributed by atoms with E-state index in [2.05, 4.69) is 25.5 Å². The van der Waals surface area contributed by atoms with E-state index >= 15 is 0 Å². The number of carboxylic acids is 1. The van der Waals surface area contributed by atoms with Gasteiger partial charge in [-0.3, -0.25) is 14.5 Å². The summed E-state index contributed by atoms with van der Waals surface area (Å²) in [6, 6.07) is 11.1. The zero-order valence-electron chi connectivity index (χ0n) is 23.4. The minimum atomic E-state index is -4.64. The summed E-state index contributed by atoms with van der Waals surface area (Å²) >= 11 is 0. The standard InChI is InChI=1S/C30H29F3N6O4/c1-17-3-6-21(14-23(17)28(41)36-22-11-20-13-25(29(42)43)37-26(20)34-15-22)35-27(40)18-4-5-19(24(12-18)30(31,32)33)16-39-9-7-38(2)8-10-39/h3-6,11-15H,7-10,16H2,1-2H3,(H,34,37)(H,35,40)(H,36,41)(H,42,43). The van der Waals surface area contributed by atoms with Crippen LogP contribution in [0.15, 0.2) is 54.7 Å². The van der Waals surface area contributed by atoms with Crippen molar-refractivity contribution in [2.45, 2.75) is 19.6 Å². The first-order chi connectivity index (χ1) is 20.4. The Balaban J connectivity index is 1.31. The van der Waals surface area contributed by atoms with Crippen LogP contribution in [-0.4, -0.2) is 75.9 Å². The molecule has 43 heavy (non-hydrogen) atoms. The molecule has 10 nitrogen and oxygen atoms in total. The number of benzene rings is 2. The third-order valence-electron chi connectivity index (χ3n) is 7.37. The first-order valence-electron chi connectivity index (χ1n) is 13.4. The Kier molecular flexibility index (Phi) is 8.20. The summed E-state index contributed by atoms with van der Waals surface area (Å²) in [7, 11) is 1.97. The number of nitrogens with zero attached hydrogens (tertiary/aromatic N) is 3. The fourth-order valence-corrected chi connectivity index (χ4v) is 4.91. The number of carbonyl (C=O) groups is 3. The number of piperazine rings is 1. The lowest BCUT2D eigenvalue weighted by Gasteiger charge is -2.33. The van der Waals surface area contributed by atoms with E-state index in [1.807, 2.05) is 11.9 Å². The van der Waals surface area contributed by atoms with Gasteiger partial charge in [-0.25, -0.2) is 9.78 Å². The summed E-state index contributed by atoms with van der Waals surface area (Å²) in [6.45, 7) is 4.68. The van der Waals surface area contributed by atoms with E-state index in [-0.39, 0.29) is 34.6 Å². The quantitative estimate of drug-likeness (QED) is 0.241. The Labute approximate surface area is 244 Å². The molecule has 2 amide bonds. The molecule has 13 heteroatoms. The van der Waals surface area contributed by atoms with Crippen molar-refractivity contribution in [1.82, 2.24) is 19.8 Å². The number of aromatic amines is 1. The van der Waals surface area contributed by atoms with Gasteiger partial charge < -0.3 is 25.6 Å². The van der Waals surface area contributed by atoms with Crippen LogP contribution in [0.1, 0.15) is 47.9 Å². The van der Waals surface area contributed by atoms with Crippen LogP contribution in [0.3, 0.4) is 0 Å². The summed E-state index contributed by atoms with van der Waals surface area (Å²) in [5, 5.41) is 14.9. The van der Waals surface area contributed by atoms with Gasteiger partial charge in [0.15, 0.2) is 0 Å². The van der Waals surface area contributed by atoms with Crippen molar-refractivity contribution < 1.29 is 32.7 Å². The minimum Gasteiger partial charge on any atom is -0.477 e. The maximum atomic E-state index is 14.0. The SMILES string of the molecule is Cc1ccc(NC(=O)c2ccc(CN3CCN(C)CC3)c(C(F)(F)F)c2)cc1C(=O)Nc1cnc2[nH]c(C(=O)O)cc2c1. The van der Waals surface area contributed by atoms with E-state index in [1.54, 1.807) is 25.1 Å². The molecule has 1 aliphatic rings. The number of carbonyl (C=O) groups excluding carboxylic acids is 2. The molecule has 2 aromatic heterocycles. The second-order valence-corrected chi connectivity index (χ2v) is 10.5. The van der Waals surface area contributed by atoms with Gasteiger partial charge in [0.2, 0.25) is 0 Å². The highest BCUT2D eigenvalue weighted by Crippen LogP contribution is 2.34. The number of aromatic nitrogens is 2. The van der Waals surface area contributed by atoms with Crippen molar-refractivity contribution in [2.75, 3.05) is 43.9 Å². The molecule has 2 aromatic carbocycles. The van der Waals surface area contributed by atoms with E-state index in [0.717, 1.165) is 19.2 Å². The molecule has 0 spiro atoms. The lowest BCUT2D eigenvalue weighted by Crippen LogP contribution is -2.44. The zero-order chi connectivity index (χ0) is 30.9. The Hall–Kier alpha value is -4.75. The molecule has 1 aliphatic heterocycles. The van der Waals surface area contributed by atoms with Gasteiger partial charge in [-0.15, -0.1) is 0 Å². The van der Waals surface area contributed by atoms with E-state index in [9.17, 15) is 27.6 Å². The topological polar surface area (TPSA) is 131 Å². The molecule has 0 bridgehead atoms. The summed E-state index contributed by atoms with van der Waals surface area (Å²) in [5.41, 5.74) is 0.742. The predicted octanol–water partition coefficient (Wildman–Crippen LogP) is 4.84. The molecule has 1 fully saturated rings. The number of amides is 2. The van der Waals surface area contributed by atoms with Crippen molar-refractivity contribution in [3.05, 3.63) is 88.2 Å². The number of alkyl halides is 3. The molecule has 4 N–H and O–H groups in total. The largest absolute Gasteiger partial charge is 0.477 e. The van der Waals surface area contributed by atoms with Gasteiger partial charge in [0.05, 0.1) is 17.4 Å². The third kappa shape index (κ3) is 6.84. The van der Waals surface area contributed by atoms with Crippen LogP contribution in [0.2, 0.25) is 0 Å². The average molecular weight is 595 g/mol. The molecular weight excluding hydrogens is 565 g/mol. The number of hydrogen-bond donors (Lipinski definition) is 4. The van der Waals surface area contributed by atoms with Gasteiger partial charge in [0.1, 0.15) is 11.3 Å². The smallest absolute Gasteiger partial charge is 0.416 e. The highest BCUT2D eigenvalue weighted by molar-refractivity contribution is 6.08. The second kappa shape index (κ2) is 11.9. The summed E-state index contributed by atoms with van der Waals surface area (Å²) < 4.78 is 42.0. The molecule has 3 heterocycles. The molecular formula is C30H29F3N6O4. The van der Waals surface area contributed by atoms with Gasteiger partial charge >= 0.3 is 12.1 Å². The molecule has 5 rings (SSSR count). The molecule has 0 radical (unpaired) electrons. The molecule has 224 valence electrons. The van der Waals surface area contributed by atoms with Crippen molar-refractivity contribution in [1.29, 1.82) is 0 Å². The number of pyridine rings is 1. The highest BCUT2D eigenvalue weighted by Gasteiger charge is 2.34. The number of aryl methyl sites for hydroxylation is 1. The van der Waals surface area contributed by atoms with Crippen LogP contribution in [0, 0.1) is 6.92 Å². The predicted molar refractivity (Wildman–Crippen MR) is 154 cm³/mol. The van der Waals surface area contributed by atoms with Crippen LogP contribution < -0.4 is 10.6 Å². The molecule has 0 atom stereocenters. The molecule has 0 saturated carbocycles. The van der Waals surface area contributed by atoms with E-state index in [0.29, 0.717) is 35.4 Å². The average Bonchev–Trinajstić information content (AvgIpc) is 3.39. The van der Waals surface area contributed by atoms with Crippen molar-refractivity contribution in [2.24, 2.45) is 0 Å². The van der Waals surface area contributed by atoms with Gasteiger partial charge in [-0.1, -0.05) is 12.1 Å². The third-order valence-corrected chi connectivity index (χ3v) is 7.37. The van der Waals surface area contributed by atoms with Crippen molar-refractivity contribution >= 4 is 40.2 Å². The normalized spacial score (nSPS) is 14.5. The molecule has 0 unspecified atom stereocenters. The molecule has 1 saturated heterocycles. The number of likely N-dealkylation sites (N-methyl/N-ethyl adjacent to an activating group) is 1. The second-order valence-electron chi connectivity index (χ2n) is 10.5. The fourth-order valence-electron chi connectivity index (χ4n) is 4.91. The van der Waals surface area contributed by atoms with E-state index in [1.165, 1.54) is 30.5 Å². The van der Waals surface area contributed by atoms with Gasteiger partial charge in [0.25, 0.3) is 11.8 Å². The maximum absolute atomic E-state index is 14.0. The molecule has 0 aliphatic carbocycles. The van der Waals surface area contributed by atoms with Crippen LogP contribution >= 0.6 is 0 Å². The van der Waals surface area contributed by atoms with Gasteiger partial charge in [-0.2, -0.15) is 13.2 Å². The number of halogens is 3. The number of hydrogen-bond acceptors (Lipinski definition) is 6. The lowest BCUT2D eigenvalue weighted by atomic mass is 10.0. The summed E-state index contributed by atoms with van der Waals surface area (Å²) in [5.74, 6) is -2.41. The zero-order valence-corrected chi connectivity index (χ0v) is 23.4. The number of carboxylic acid groups (broad SMARTS) is 1. The monoisotopic (exact) mass is 594 g/mol. The summed E-state index contributed by atoms with van der Waals surface area (Å²) in [6.07, 6.45) is -3.27. The Bertz CT molecular complexity index is 1710. The van der Waals surface area contributed by atoms with Crippen LogP contribution in [0.25, 0.3) is 11.0 Å². The molecule has 4 aromatic rings. The highest BCUT2D eigenvalue weighted by atomic mass is 19.4.